The van der Waals surface area contributed by atoms with Crippen molar-refractivity contribution in [1.82, 2.24) is 24.6 Å². The molecule has 0 aliphatic carbocycles. The lowest BCUT2D eigenvalue weighted by Crippen LogP contribution is -2.47. The highest BCUT2D eigenvalue weighted by atomic mass is 35.5. The fraction of sp³-hybridized carbons (Fsp3) is 0.444. The zero-order chi connectivity index (χ0) is 18.3. The van der Waals surface area contributed by atoms with Gasteiger partial charge in [0, 0.05) is 44.0 Å². The molecule has 0 radical (unpaired) electrons. The highest BCUT2D eigenvalue weighted by Gasteiger charge is 2.24. The zero-order valence-corrected chi connectivity index (χ0v) is 16.0. The van der Waals surface area contributed by atoms with E-state index in [9.17, 15) is 0 Å². The molecule has 4 heterocycles. The Kier molecular flexibility index (Phi) is 4.19. The van der Waals surface area contributed by atoms with Crippen LogP contribution >= 0.6 is 11.6 Å². The Balaban J connectivity index is 1.56. The summed E-state index contributed by atoms with van der Waals surface area (Å²) in [4.78, 5) is 17.7. The van der Waals surface area contributed by atoms with Gasteiger partial charge >= 0.3 is 0 Å². The molecule has 1 aliphatic heterocycles. The lowest BCUT2D eigenvalue weighted by atomic mass is 9.92. The van der Waals surface area contributed by atoms with E-state index in [0.717, 1.165) is 49.2 Å². The van der Waals surface area contributed by atoms with Gasteiger partial charge in [0.15, 0.2) is 5.82 Å². The number of nitrogens with zero attached hydrogens (tertiary/aromatic N) is 7. The van der Waals surface area contributed by atoms with Crippen molar-refractivity contribution in [2.45, 2.75) is 26.2 Å². The summed E-state index contributed by atoms with van der Waals surface area (Å²) >= 11 is 5.87. The van der Waals surface area contributed by atoms with Crippen molar-refractivity contribution in [3.63, 3.8) is 0 Å². The first-order valence-corrected chi connectivity index (χ1v) is 9.12. The number of hydrogen-bond donors (Lipinski definition) is 0. The van der Waals surface area contributed by atoms with E-state index in [1.54, 1.807) is 12.4 Å². The van der Waals surface area contributed by atoms with Crippen LogP contribution in [0.5, 0.6) is 0 Å². The van der Waals surface area contributed by atoms with Crippen LogP contribution in [0.25, 0.3) is 5.52 Å². The Labute approximate surface area is 157 Å². The average molecular weight is 372 g/mol. The van der Waals surface area contributed by atoms with Crippen molar-refractivity contribution >= 4 is 28.9 Å². The summed E-state index contributed by atoms with van der Waals surface area (Å²) in [6.45, 7) is 9.91. The molecule has 7 nitrogen and oxygen atoms in total. The first kappa shape index (κ1) is 17.0. The van der Waals surface area contributed by atoms with Gasteiger partial charge in [-0.1, -0.05) is 32.4 Å². The third-order valence-corrected chi connectivity index (χ3v) is 4.80. The van der Waals surface area contributed by atoms with Gasteiger partial charge in [-0.3, -0.25) is 0 Å². The molecule has 0 saturated carbocycles. The molecule has 3 aromatic rings. The van der Waals surface area contributed by atoms with Crippen molar-refractivity contribution < 1.29 is 0 Å². The molecule has 26 heavy (non-hydrogen) atoms. The lowest BCUT2D eigenvalue weighted by molar-refractivity contribution is 0.562. The van der Waals surface area contributed by atoms with Gasteiger partial charge in [-0.05, 0) is 6.07 Å². The van der Waals surface area contributed by atoms with Crippen LogP contribution in [0.2, 0.25) is 5.02 Å². The fourth-order valence-corrected chi connectivity index (χ4v) is 3.20. The third kappa shape index (κ3) is 3.19. The highest BCUT2D eigenvalue weighted by molar-refractivity contribution is 6.30. The Morgan fingerprint density at radius 2 is 1.62 bits per heavy atom. The van der Waals surface area contributed by atoms with Crippen molar-refractivity contribution in [2.24, 2.45) is 0 Å². The van der Waals surface area contributed by atoms with E-state index in [-0.39, 0.29) is 5.41 Å². The van der Waals surface area contributed by atoms with Crippen LogP contribution in [0.4, 0.5) is 11.8 Å². The second-order valence-electron chi connectivity index (χ2n) is 7.54. The predicted octanol–water partition coefficient (Wildman–Crippen LogP) is 2.80. The number of anilines is 2. The standard InChI is InChI=1S/C18H22ClN7/c1-18(2,3)15-10-14-16(20-4-5-26(14)23-15)24-6-8-25(9-7-24)17-21-11-13(19)12-22-17/h4-5,10-12H,6-9H2,1-3H3. The van der Waals surface area contributed by atoms with Gasteiger partial charge in [0.1, 0.15) is 5.52 Å². The van der Waals surface area contributed by atoms with Gasteiger partial charge in [-0.15, -0.1) is 0 Å². The number of hydrogen-bond acceptors (Lipinski definition) is 6. The topological polar surface area (TPSA) is 62.5 Å². The Hall–Kier alpha value is -2.41. The molecule has 3 aromatic heterocycles. The number of rotatable bonds is 2. The molecule has 0 amide bonds. The second-order valence-corrected chi connectivity index (χ2v) is 7.97. The molecule has 0 unspecified atom stereocenters. The molecule has 0 bridgehead atoms. The lowest BCUT2D eigenvalue weighted by Gasteiger charge is -2.35. The zero-order valence-electron chi connectivity index (χ0n) is 15.2. The Morgan fingerprint density at radius 3 is 2.27 bits per heavy atom. The minimum absolute atomic E-state index is 0.00785. The maximum Gasteiger partial charge on any atom is 0.225 e. The van der Waals surface area contributed by atoms with Crippen LogP contribution in [0.3, 0.4) is 0 Å². The molecule has 0 N–H and O–H groups in total. The van der Waals surface area contributed by atoms with Crippen LogP contribution in [-0.4, -0.2) is 50.7 Å². The number of halogens is 1. The minimum atomic E-state index is 0.00785. The summed E-state index contributed by atoms with van der Waals surface area (Å²) in [5, 5.41) is 5.27. The van der Waals surface area contributed by atoms with E-state index in [0.29, 0.717) is 5.02 Å². The number of piperazine rings is 1. The Bertz CT molecular complexity index is 905. The molecule has 0 spiro atoms. The van der Waals surface area contributed by atoms with Gasteiger partial charge < -0.3 is 9.80 Å². The van der Waals surface area contributed by atoms with Crippen LogP contribution in [0, 0.1) is 0 Å². The molecular weight excluding hydrogens is 350 g/mol. The second kappa shape index (κ2) is 6.39. The molecule has 0 aromatic carbocycles. The van der Waals surface area contributed by atoms with E-state index in [1.807, 2.05) is 16.9 Å². The largest absolute Gasteiger partial charge is 0.351 e. The van der Waals surface area contributed by atoms with Gasteiger partial charge in [-0.25, -0.2) is 19.5 Å². The minimum Gasteiger partial charge on any atom is -0.351 e. The van der Waals surface area contributed by atoms with Gasteiger partial charge in [0.05, 0.1) is 23.1 Å². The van der Waals surface area contributed by atoms with E-state index < -0.39 is 0 Å². The summed E-state index contributed by atoms with van der Waals surface area (Å²) in [5.74, 6) is 1.70. The number of aromatic nitrogens is 5. The molecule has 8 heteroatoms. The summed E-state index contributed by atoms with van der Waals surface area (Å²) in [6.07, 6.45) is 7.00. The van der Waals surface area contributed by atoms with Crippen molar-refractivity contribution in [3.8, 4) is 0 Å². The quantitative estimate of drug-likeness (QED) is 0.690. The van der Waals surface area contributed by atoms with E-state index in [1.165, 1.54) is 0 Å². The highest BCUT2D eigenvalue weighted by Crippen LogP contribution is 2.27. The van der Waals surface area contributed by atoms with E-state index in [4.69, 9.17) is 16.7 Å². The van der Waals surface area contributed by atoms with Crippen LogP contribution in [-0.2, 0) is 5.41 Å². The summed E-state index contributed by atoms with van der Waals surface area (Å²) in [6, 6.07) is 2.15. The van der Waals surface area contributed by atoms with Crippen LogP contribution in [0.1, 0.15) is 26.5 Å². The van der Waals surface area contributed by atoms with Gasteiger partial charge in [0.25, 0.3) is 0 Å². The average Bonchev–Trinajstić information content (AvgIpc) is 3.07. The van der Waals surface area contributed by atoms with Gasteiger partial charge in [0.2, 0.25) is 5.95 Å². The summed E-state index contributed by atoms with van der Waals surface area (Å²) in [5.41, 5.74) is 2.13. The predicted molar refractivity (Wildman–Crippen MR) is 103 cm³/mol. The van der Waals surface area contributed by atoms with Crippen LogP contribution < -0.4 is 9.80 Å². The molecule has 136 valence electrons. The maximum absolute atomic E-state index is 5.87. The molecule has 4 rings (SSSR count). The molecule has 0 atom stereocenters. The molecule has 1 saturated heterocycles. The summed E-state index contributed by atoms with van der Waals surface area (Å²) in [7, 11) is 0. The first-order chi connectivity index (χ1) is 12.4. The number of fused-ring (bicyclic) bond motifs is 1. The third-order valence-electron chi connectivity index (χ3n) is 4.61. The van der Waals surface area contributed by atoms with Crippen molar-refractivity contribution in [2.75, 3.05) is 36.0 Å². The van der Waals surface area contributed by atoms with Gasteiger partial charge in [-0.2, -0.15) is 5.10 Å². The normalized spacial score (nSPS) is 15.7. The molecular formula is C18H22ClN7. The maximum atomic E-state index is 5.87. The fourth-order valence-electron chi connectivity index (χ4n) is 3.11. The first-order valence-electron chi connectivity index (χ1n) is 8.74. The van der Waals surface area contributed by atoms with Crippen molar-refractivity contribution in [3.05, 3.63) is 41.6 Å². The van der Waals surface area contributed by atoms with Crippen LogP contribution in [0.15, 0.2) is 30.9 Å². The van der Waals surface area contributed by atoms with Crippen molar-refractivity contribution in [1.29, 1.82) is 0 Å². The summed E-state index contributed by atoms with van der Waals surface area (Å²) < 4.78 is 1.93. The SMILES string of the molecule is CC(C)(C)c1cc2c(N3CCN(c4ncc(Cl)cn4)CC3)nccn2n1. The smallest absolute Gasteiger partial charge is 0.225 e. The van der Waals surface area contributed by atoms with E-state index in [2.05, 4.69) is 51.6 Å². The molecule has 1 aliphatic rings. The van der Waals surface area contributed by atoms with E-state index >= 15 is 0 Å². The molecule has 1 fully saturated rings. The Morgan fingerprint density at radius 1 is 0.962 bits per heavy atom. The monoisotopic (exact) mass is 371 g/mol.